The molecule has 0 aliphatic carbocycles. The van der Waals surface area contributed by atoms with E-state index >= 15 is 0 Å². The third-order valence-electron chi connectivity index (χ3n) is 3.49. The van der Waals surface area contributed by atoms with Gasteiger partial charge in [-0.25, -0.2) is 0 Å². The Morgan fingerprint density at radius 3 is 2.72 bits per heavy atom. The van der Waals surface area contributed by atoms with Gasteiger partial charge in [0.2, 0.25) is 0 Å². The number of rotatable bonds is 7. The standard InChI is InChI=1S/C15H24N2O/c16-9-5-7-14-6-1-2-8-15(14)18-13-12-17-10-3-4-11-17/h1-2,6,8H,3-5,7,9-13,16H2. The first-order valence-corrected chi connectivity index (χ1v) is 7.03. The van der Waals surface area contributed by atoms with Crippen LogP contribution in [0.1, 0.15) is 24.8 Å². The van der Waals surface area contributed by atoms with Crippen molar-refractivity contribution in [2.75, 3.05) is 32.8 Å². The van der Waals surface area contributed by atoms with Gasteiger partial charge in [0.15, 0.2) is 0 Å². The summed E-state index contributed by atoms with van der Waals surface area (Å²) in [5.41, 5.74) is 6.84. The minimum absolute atomic E-state index is 0.738. The number of nitrogens with two attached hydrogens (primary N) is 1. The van der Waals surface area contributed by atoms with Crippen molar-refractivity contribution in [3.8, 4) is 5.75 Å². The molecule has 0 bridgehead atoms. The average molecular weight is 248 g/mol. The van der Waals surface area contributed by atoms with Gasteiger partial charge in [-0.1, -0.05) is 18.2 Å². The Morgan fingerprint density at radius 2 is 1.94 bits per heavy atom. The number of para-hydroxylation sites is 1. The number of ether oxygens (including phenoxy) is 1. The highest BCUT2D eigenvalue weighted by Gasteiger charge is 2.11. The third-order valence-corrected chi connectivity index (χ3v) is 3.49. The molecule has 1 fully saturated rings. The molecule has 1 heterocycles. The molecule has 0 atom stereocenters. The van der Waals surface area contributed by atoms with Crippen LogP contribution in [0.25, 0.3) is 0 Å². The van der Waals surface area contributed by atoms with Gasteiger partial charge in [-0.2, -0.15) is 0 Å². The van der Waals surface area contributed by atoms with E-state index in [2.05, 4.69) is 23.1 Å². The minimum atomic E-state index is 0.738. The molecule has 3 nitrogen and oxygen atoms in total. The average Bonchev–Trinajstić information content (AvgIpc) is 2.91. The Hall–Kier alpha value is -1.06. The predicted octanol–water partition coefficient (Wildman–Crippen LogP) is 2.05. The fourth-order valence-corrected chi connectivity index (χ4v) is 2.43. The highest BCUT2D eigenvalue weighted by molar-refractivity contribution is 5.33. The summed E-state index contributed by atoms with van der Waals surface area (Å²) in [6, 6.07) is 8.31. The highest BCUT2D eigenvalue weighted by atomic mass is 16.5. The van der Waals surface area contributed by atoms with Gasteiger partial charge in [-0.05, 0) is 56.9 Å². The van der Waals surface area contributed by atoms with Gasteiger partial charge in [0.25, 0.3) is 0 Å². The Bertz CT molecular complexity index is 348. The van der Waals surface area contributed by atoms with E-state index in [9.17, 15) is 0 Å². The molecule has 100 valence electrons. The molecule has 1 aromatic carbocycles. The first kappa shape index (κ1) is 13.4. The SMILES string of the molecule is NCCCc1ccccc1OCCN1CCCC1. The van der Waals surface area contributed by atoms with Gasteiger partial charge in [-0.3, -0.25) is 4.90 Å². The van der Waals surface area contributed by atoms with Gasteiger partial charge >= 0.3 is 0 Å². The van der Waals surface area contributed by atoms with Crippen LogP contribution in [0.15, 0.2) is 24.3 Å². The van der Waals surface area contributed by atoms with E-state index in [1.54, 1.807) is 0 Å². The van der Waals surface area contributed by atoms with Crippen molar-refractivity contribution in [1.29, 1.82) is 0 Å². The monoisotopic (exact) mass is 248 g/mol. The van der Waals surface area contributed by atoms with Crippen molar-refractivity contribution in [3.05, 3.63) is 29.8 Å². The molecule has 0 unspecified atom stereocenters. The molecule has 1 aromatic rings. The molecule has 3 heteroatoms. The fraction of sp³-hybridized carbons (Fsp3) is 0.600. The van der Waals surface area contributed by atoms with E-state index < -0.39 is 0 Å². The zero-order valence-electron chi connectivity index (χ0n) is 11.1. The number of likely N-dealkylation sites (tertiary alicyclic amines) is 1. The second-order valence-corrected chi connectivity index (χ2v) is 4.90. The molecule has 2 N–H and O–H groups in total. The number of aryl methyl sites for hydroxylation is 1. The molecular weight excluding hydrogens is 224 g/mol. The summed E-state index contributed by atoms with van der Waals surface area (Å²) >= 11 is 0. The van der Waals surface area contributed by atoms with Crippen molar-refractivity contribution in [2.24, 2.45) is 5.73 Å². The fourth-order valence-electron chi connectivity index (χ4n) is 2.43. The first-order valence-electron chi connectivity index (χ1n) is 7.03. The molecule has 1 aliphatic rings. The predicted molar refractivity (Wildman–Crippen MR) is 75.0 cm³/mol. The molecule has 0 radical (unpaired) electrons. The van der Waals surface area contributed by atoms with Crippen LogP contribution < -0.4 is 10.5 Å². The minimum Gasteiger partial charge on any atom is -0.492 e. The maximum Gasteiger partial charge on any atom is 0.122 e. The lowest BCUT2D eigenvalue weighted by Gasteiger charge is -2.16. The number of benzene rings is 1. The summed E-state index contributed by atoms with van der Waals surface area (Å²) in [5.74, 6) is 1.03. The second-order valence-electron chi connectivity index (χ2n) is 4.90. The van der Waals surface area contributed by atoms with Gasteiger partial charge in [-0.15, -0.1) is 0 Å². The van der Waals surface area contributed by atoms with Crippen molar-refractivity contribution in [3.63, 3.8) is 0 Å². The van der Waals surface area contributed by atoms with Gasteiger partial charge in [0, 0.05) is 6.54 Å². The summed E-state index contributed by atoms with van der Waals surface area (Å²) in [6.07, 6.45) is 4.71. The van der Waals surface area contributed by atoms with Crippen LogP contribution in [0.5, 0.6) is 5.75 Å². The van der Waals surface area contributed by atoms with E-state index in [4.69, 9.17) is 10.5 Å². The third kappa shape index (κ3) is 4.00. The van der Waals surface area contributed by atoms with Crippen LogP contribution in [0.3, 0.4) is 0 Å². The Labute approximate surface area is 110 Å². The first-order chi connectivity index (χ1) is 8.90. The molecule has 1 aliphatic heterocycles. The number of hydrogen-bond acceptors (Lipinski definition) is 3. The molecule has 0 saturated carbocycles. The quantitative estimate of drug-likeness (QED) is 0.802. The van der Waals surface area contributed by atoms with Crippen molar-refractivity contribution in [1.82, 2.24) is 4.90 Å². The Balaban J connectivity index is 1.79. The lowest BCUT2D eigenvalue weighted by molar-refractivity contribution is 0.236. The van der Waals surface area contributed by atoms with Crippen LogP contribution in [0.4, 0.5) is 0 Å². The summed E-state index contributed by atoms with van der Waals surface area (Å²) < 4.78 is 5.91. The van der Waals surface area contributed by atoms with Crippen molar-refractivity contribution in [2.45, 2.75) is 25.7 Å². The topological polar surface area (TPSA) is 38.5 Å². The van der Waals surface area contributed by atoms with Crippen LogP contribution >= 0.6 is 0 Å². The van der Waals surface area contributed by atoms with Crippen molar-refractivity contribution < 1.29 is 4.74 Å². The molecule has 0 amide bonds. The van der Waals surface area contributed by atoms with Gasteiger partial charge < -0.3 is 10.5 Å². The van der Waals surface area contributed by atoms with Gasteiger partial charge in [0.1, 0.15) is 12.4 Å². The second kappa shape index (κ2) is 7.39. The van der Waals surface area contributed by atoms with Crippen LogP contribution in [0, 0.1) is 0 Å². The maximum atomic E-state index is 5.91. The van der Waals surface area contributed by atoms with E-state index in [1.807, 2.05) is 6.07 Å². The lowest BCUT2D eigenvalue weighted by Crippen LogP contribution is -2.25. The van der Waals surface area contributed by atoms with Crippen LogP contribution in [-0.2, 0) is 6.42 Å². The lowest BCUT2D eigenvalue weighted by atomic mass is 10.1. The zero-order valence-corrected chi connectivity index (χ0v) is 11.1. The van der Waals surface area contributed by atoms with Gasteiger partial charge in [0.05, 0.1) is 0 Å². The molecule has 0 aromatic heterocycles. The van der Waals surface area contributed by atoms with Crippen LogP contribution in [-0.4, -0.2) is 37.7 Å². The highest BCUT2D eigenvalue weighted by Crippen LogP contribution is 2.19. The smallest absolute Gasteiger partial charge is 0.122 e. The summed E-state index contributed by atoms with van der Waals surface area (Å²) in [7, 11) is 0. The molecular formula is C15H24N2O. The molecule has 1 saturated heterocycles. The zero-order chi connectivity index (χ0) is 12.6. The van der Waals surface area contributed by atoms with E-state index in [0.29, 0.717) is 0 Å². The van der Waals surface area contributed by atoms with Crippen LogP contribution in [0.2, 0.25) is 0 Å². The van der Waals surface area contributed by atoms with E-state index in [0.717, 1.165) is 38.3 Å². The molecule has 0 spiro atoms. The number of nitrogens with zero attached hydrogens (tertiary/aromatic N) is 1. The largest absolute Gasteiger partial charge is 0.492 e. The summed E-state index contributed by atoms with van der Waals surface area (Å²) in [4.78, 5) is 2.47. The Morgan fingerprint density at radius 1 is 1.17 bits per heavy atom. The van der Waals surface area contributed by atoms with E-state index in [1.165, 1.54) is 31.5 Å². The van der Waals surface area contributed by atoms with Crippen molar-refractivity contribution >= 4 is 0 Å². The summed E-state index contributed by atoms with van der Waals surface area (Å²) in [5, 5.41) is 0. The summed E-state index contributed by atoms with van der Waals surface area (Å²) in [6.45, 7) is 5.04. The number of hydrogen-bond donors (Lipinski definition) is 1. The maximum absolute atomic E-state index is 5.91. The molecule has 2 rings (SSSR count). The van der Waals surface area contributed by atoms with E-state index in [-0.39, 0.29) is 0 Å². The Kier molecular flexibility index (Phi) is 5.49. The molecule has 18 heavy (non-hydrogen) atoms. The normalized spacial score (nSPS) is 16.1.